The highest BCUT2D eigenvalue weighted by Gasteiger charge is 2.21. The fourth-order valence-corrected chi connectivity index (χ4v) is 3.04. The molecule has 3 aromatic rings. The zero-order valence-corrected chi connectivity index (χ0v) is 17.8. The van der Waals surface area contributed by atoms with Crippen LogP contribution in [-0.2, 0) is 6.54 Å². The fraction of sp³-hybridized carbons (Fsp3) is 0.348. The lowest BCUT2D eigenvalue weighted by molar-refractivity contribution is 0.0702. The third kappa shape index (κ3) is 5.37. The number of nitrogens with zero attached hydrogens (tertiary/aromatic N) is 3. The monoisotopic (exact) mass is 409 g/mol. The van der Waals surface area contributed by atoms with Gasteiger partial charge >= 0.3 is 0 Å². The van der Waals surface area contributed by atoms with Gasteiger partial charge in [0.25, 0.3) is 5.91 Å². The first kappa shape index (κ1) is 21.4. The van der Waals surface area contributed by atoms with E-state index >= 15 is 0 Å². The molecule has 0 bridgehead atoms. The molecule has 30 heavy (non-hydrogen) atoms. The zero-order valence-electron chi connectivity index (χ0n) is 17.8. The third-order valence-corrected chi connectivity index (χ3v) is 4.43. The van der Waals surface area contributed by atoms with Crippen LogP contribution in [0.3, 0.4) is 0 Å². The molecule has 0 saturated carbocycles. The first-order valence-electron chi connectivity index (χ1n) is 9.99. The van der Waals surface area contributed by atoms with Crippen molar-refractivity contribution in [1.82, 2.24) is 15.0 Å². The molecule has 1 heterocycles. The van der Waals surface area contributed by atoms with Crippen LogP contribution in [0.25, 0.3) is 11.4 Å². The Kier molecular flexibility index (Phi) is 7.06. The summed E-state index contributed by atoms with van der Waals surface area (Å²) in [6, 6.07) is 14.6. The van der Waals surface area contributed by atoms with Gasteiger partial charge in [-0.25, -0.2) is 0 Å². The molecule has 158 valence electrons. The number of rotatable bonds is 9. The Morgan fingerprint density at radius 1 is 1.07 bits per heavy atom. The van der Waals surface area contributed by atoms with Crippen LogP contribution in [0.5, 0.6) is 11.5 Å². The molecule has 3 rings (SSSR count). The molecule has 0 N–H and O–H groups in total. The second kappa shape index (κ2) is 9.91. The molecule has 0 spiro atoms. The minimum Gasteiger partial charge on any atom is -0.497 e. The average molecular weight is 409 g/mol. The molecule has 0 radical (unpaired) electrons. The van der Waals surface area contributed by atoms with Crippen LogP contribution in [0.2, 0.25) is 0 Å². The standard InChI is InChI=1S/C23H27N3O4/c1-5-29-20-12-8-18(9-13-20)23(27)26(14-16(2)3)15-21-24-22(25-30-21)17-6-10-19(28-4)11-7-17/h6-13,16H,5,14-15H2,1-4H3. The van der Waals surface area contributed by atoms with Crippen LogP contribution in [-0.4, -0.2) is 41.2 Å². The highest BCUT2D eigenvalue weighted by molar-refractivity contribution is 5.94. The van der Waals surface area contributed by atoms with Gasteiger partial charge in [0.2, 0.25) is 11.7 Å². The first-order chi connectivity index (χ1) is 14.5. The third-order valence-electron chi connectivity index (χ3n) is 4.43. The Morgan fingerprint density at radius 3 is 2.33 bits per heavy atom. The van der Waals surface area contributed by atoms with Crippen molar-refractivity contribution >= 4 is 5.91 Å². The number of ether oxygens (including phenoxy) is 2. The summed E-state index contributed by atoms with van der Waals surface area (Å²) in [5.74, 6) is 2.57. The summed E-state index contributed by atoms with van der Waals surface area (Å²) >= 11 is 0. The Morgan fingerprint density at radius 2 is 1.73 bits per heavy atom. The topological polar surface area (TPSA) is 77.7 Å². The summed E-state index contributed by atoms with van der Waals surface area (Å²) in [6.45, 7) is 7.46. The molecule has 0 aliphatic rings. The van der Waals surface area contributed by atoms with Gasteiger partial charge in [-0.15, -0.1) is 0 Å². The molecule has 0 fully saturated rings. The molecule has 0 unspecified atom stereocenters. The first-order valence-corrected chi connectivity index (χ1v) is 9.99. The van der Waals surface area contributed by atoms with Crippen molar-refractivity contribution in [3.05, 3.63) is 60.0 Å². The molecule has 0 saturated heterocycles. The van der Waals surface area contributed by atoms with Crippen molar-refractivity contribution in [2.75, 3.05) is 20.3 Å². The van der Waals surface area contributed by atoms with Crippen molar-refractivity contribution in [2.24, 2.45) is 5.92 Å². The minimum absolute atomic E-state index is 0.0871. The molecule has 2 aromatic carbocycles. The van der Waals surface area contributed by atoms with E-state index in [1.807, 2.05) is 31.2 Å². The van der Waals surface area contributed by atoms with Gasteiger partial charge in [-0.1, -0.05) is 19.0 Å². The highest BCUT2D eigenvalue weighted by Crippen LogP contribution is 2.21. The van der Waals surface area contributed by atoms with Gasteiger partial charge in [-0.3, -0.25) is 4.79 Å². The van der Waals surface area contributed by atoms with E-state index in [1.54, 1.807) is 36.3 Å². The van der Waals surface area contributed by atoms with Crippen LogP contribution in [0.15, 0.2) is 53.1 Å². The molecule has 7 heteroatoms. The number of hydrogen-bond donors (Lipinski definition) is 0. The Labute approximate surface area is 176 Å². The summed E-state index contributed by atoms with van der Waals surface area (Å²) in [6.07, 6.45) is 0. The summed E-state index contributed by atoms with van der Waals surface area (Å²) in [5.41, 5.74) is 1.41. The van der Waals surface area contributed by atoms with Crippen molar-refractivity contribution in [1.29, 1.82) is 0 Å². The fourth-order valence-electron chi connectivity index (χ4n) is 3.04. The van der Waals surface area contributed by atoms with Gasteiger partial charge in [0.15, 0.2) is 0 Å². The zero-order chi connectivity index (χ0) is 21.5. The highest BCUT2D eigenvalue weighted by atomic mass is 16.5. The molecule has 0 aliphatic heterocycles. The Hall–Kier alpha value is -3.35. The second-order valence-corrected chi connectivity index (χ2v) is 7.28. The number of benzene rings is 2. The van der Waals surface area contributed by atoms with E-state index in [1.165, 1.54) is 0 Å². The quantitative estimate of drug-likeness (QED) is 0.520. The maximum atomic E-state index is 13.1. The molecule has 7 nitrogen and oxygen atoms in total. The summed E-state index contributed by atoms with van der Waals surface area (Å²) in [4.78, 5) is 19.3. The SMILES string of the molecule is CCOc1ccc(C(=O)N(Cc2nc(-c3ccc(OC)cc3)no2)CC(C)C)cc1. The van der Waals surface area contributed by atoms with E-state index in [9.17, 15) is 4.79 Å². The predicted molar refractivity (Wildman–Crippen MR) is 113 cm³/mol. The van der Waals surface area contributed by atoms with Crippen molar-refractivity contribution in [3.63, 3.8) is 0 Å². The normalized spacial score (nSPS) is 10.8. The lowest BCUT2D eigenvalue weighted by Crippen LogP contribution is -2.33. The molecule has 1 amide bonds. The number of carbonyl (C=O) groups excluding carboxylic acids is 1. The summed E-state index contributed by atoms with van der Waals surface area (Å²) < 4.78 is 16.0. The Balaban J connectivity index is 1.76. The maximum absolute atomic E-state index is 13.1. The van der Waals surface area contributed by atoms with E-state index in [2.05, 4.69) is 24.0 Å². The lowest BCUT2D eigenvalue weighted by atomic mass is 10.1. The maximum Gasteiger partial charge on any atom is 0.254 e. The largest absolute Gasteiger partial charge is 0.497 e. The van der Waals surface area contributed by atoms with Gasteiger partial charge in [0.1, 0.15) is 18.0 Å². The predicted octanol–water partition coefficient (Wildman–Crippen LogP) is 4.44. The van der Waals surface area contributed by atoms with Gasteiger partial charge in [0, 0.05) is 17.7 Å². The van der Waals surface area contributed by atoms with E-state index < -0.39 is 0 Å². The summed E-state index contributed by atoms with van der Waals surface area (Å²) in [5, 5.41) is 4.06. The molecular formula is C23H27N3O4. The molecule has 0 atom stereocenters. The smallest absolute Gasteiger partial charge is 0.254 e. The van der Waals surface area contributed by atoms with Gasteiger partial charge < -0.3 is 18.9 Å². The number of methoxy groups -OCH3 is 1. The van der Waals surface area contributed by atoms with Crippen LogP contribution in [0.1, 0.15) is 37.0 Å². The van der Waals surface area contributed by atoms with E-state index in [0.29, 0.717) is 36.3 Å². The number of amides is 1. The van der Waals surface area contributed by atoms with E-state index in [-0.39, 0.29) is 12.5 Å². The van der Waals surface area contributed by atoms with Crippen molar-refractivity contribution in [3.8, 4) is 22.9 Å². The minimum atomic E-state index is -0.0871. The van der Waals surface area contributed by atoms with Gasteiger partial charge in [0.05, 0.1) is 13.7 Å². The molecule has 1 aromatic heterocycles. The molecule has 0 aliphatic carbocycles. The number of aromatic nitrogens is 2. The second-order valence-electron chi connectivity index (χ2n) is 7.28. The van der Waals surface area contributed by atoms with Crippen molar-refractivity contribution in [2.45, 2.75) is 27.3 Å². The van der Waals surface area contributed by atoms with Crippen LogP contribution < -0.4 is 9.47 Å². The van der Waals surface area contributed by atoms with E-state index in [4.69, 9.17) is 14.0 Å². The number of hydrogen-bond acceptors (Lipinski definition) is 6. The molecular weight excluding hydrogens is 382 g/mol. The van der Waals surface area contributed by atoms with E-state index in [0.717, 1.165) is 17.1 Å². The van der Waals surface area contributed by atoms with Gasteiger partial charge in [-0.05, 0) is 61.4 Å². The Bertz CT molecular complexity index is 949. The average Bonchev–Trinajstić information content (AvgIpc) is 3.22. The number of carbonyl (C=O) groups is 1. The summed E-state index contributed by atoms with van der Waals surface area (Å²) in [7, 11) is 1.62. The lowest BCUT2D eigenvalue weighted by Gasteiger charge is -2.23. The van der Waals surface area contributed by atoms with Crippen LogP contribution >= 0.6 is 0 Å². The van der Waals surface area contributed by atoms with Crippen LogP contribution in [0.4, 0.5) is 0 Å². The van der Waals surface area contributed by atoms with Crippen molar-refractivity contribution < 1.29 is 18.8 Å². The van der Waals surface area contributed by atoms with Gasteiger partial charge in [-0.2, -0.15) is 4.98 Å². The van der Waals surface area contributed by atoms with Crippen LogP contribution in [0, 0.1) is 5.92 Å².